The van der Waals surface area contributed by atoms with E-state index >= 15 is 0 Å². The van der Waals surface area contributed by atoms with Crippen LogP contribution in [0.25, 0.3) is 0 Å². The zero-order chi connectivity index (χ0) is 10.2. The van der Waals surface area contributed by atoms with Gasteiger partial charge in [0.25, 0.3) is 0 Å². The van der Waals surface area contributed by atoms with E-state index < -0.39 is 0 Å². The van der Waals surface area contributed by atoms with Gasteiger partial charge in [-0.3, -0.25) is 5.41 Å². The molecule has 1 heterocycles. The fraction of sp³-hybridized carbons (Fsp3) is 0.455. The van der Waals surface area contributed by atoms with E-state index in [0.29, 0.717) is 12.5 Å². The van der Waals surface area contributed by atoms with Gasteiger partial charge in [-0.2, -0.15) is 0 Å². The van der Waals surface area contributed by atoms with Crippen molar-refractivity contribution in [3.63, 3.8) is 0 Å². The summed E-state index contributed by atoms with van der Waals surface area (Å²) >= 11 is 0. The van der Waals surface area contributed by atoms with E-state index in [2.05, 4.69) is 4.57 Å². The van der Waals surface area contributed by atoms with Gasteiger partial charge in [0, 0.05) is 25.0 Å². The summed E-state index contributed by atoms with van der Waals surface area (Å²) in [4.78, 5) is 0. The molecule has 0 aliphatic heterocycles. The molecule has 0 radical (unpaired) electrons. The highest BCUT2D eigenvalue weighted by Crippen LogP contribution is 1.93. The molecule has 1 aromatic rings. The van der Waals surface area contributed by atoms with Gasteiger partial charge in [0.2, 0.25) is 0 Å². The van der Waals surface area contributed by atoms with E-state index in [9.17, 15) is 0 Å². The van der Waals surface area contributed by atoms with Crippen LogP contribution >= 0.6 is 0 Å². The van der Waals surface area contributed by atoms with Crippen LogP contribution in [0.5, 0.6) is 0 Å². The molecule has 0 bridgehead atoms. The van der Waals surface area contributed by atoms with Gasteiger partial charge in [0.1, 0.15) is 6.54 Å². The summed E-state index contributed by atoms with van der Waals surface area (Å²) in [6.45, 7) is 3.44. The highest BCUT2D eigenvalue weighted by atomic mass is 16.5. The van der Waals surface area contributed by atoms with Gasteiger partial charge in [-0.05, 0) is 6.92 Å². The predicted octanol–water partition coefficient (Wildman–Crippen LogP) is 1.77. The molecule has 0 saturated heterocycles. The molecule has 0 spiro atoms. The molecule has 0 amide bonds. The fourth-order valence-corrected chi connectivity index (χ4v) is 1.25. The molecule has 0 aromatic carbocycles. The lowest BCUT2D eigenvalue weighted by Gasteiger charge is -2.02. The third kappa shape index (κ3) is 4.03. The molecule has 14 heavy (non-hydrogen) atoms. The van der Waals surface area contributed by atoms with Gasteiger partial charge in [0.15, 0.2) is 18.3 Å². The van der Waals surface area contributed by atoms with E-state index in [1.165, 1.54) is 0 Å². The predicted molar refractivity (Wildman–Crippen MR) is 55.2 cm³/mol. The quantitative estimate of drug-likeness (QED) is 0.432. The normalized spacial score (nSPS) is 9.79. The largest absolute Gasteiger partial charge is 0.481 e. The smallest absolute Gasteiger partial charge is 0.180 e. The summed E-state index contributed by atoms with van der Waals surface area (Å²) in [7, 11) is 0. The topological polar surface area (TPSA) is 37.0 Å². The van der Waals surface area contributed by atoms with Gasteiger partial charge in [-0.1, -0.05) is 6.07 Å². The first-order chi connectivity index (χ1) is 6.83. The summed E-state index contributed by atoms with van der Waals surface area (Å²) in [5.41, 5.74) is 0. The Hall–Kier alpha value is -1.38. The minimum absolute atomic E-state index is 0.393. The molecule has 3 nitrogen and oxygen atoms in total. The number of aromatic nitrogens is 1. The lowest BCUT2D eigenvalue weighted by Crippen LogP contribution is -2.32. The van der Waals surface area contributed by atoms with Crippen molar-refractivity contribution in [3.05, 3.63) is 30.6 Å². The van der Waals surface area contributed by atoms with Crippen molar-refractivity contribution in [2.24, 2.45) is 0 Å². The first-order valence-electron chi connectivity index (χ1n) is 4.97. The monoisotopic (exact) mass is 193 g/mol. The van der Waals surface area contributed by atoms with Gasteiger partial charge in [-0.25, -0.2) is 4.57 Å². The highest BCUT2D eigenvalue weighted by Gasteiger charge is 2.01. The summed E-state index contributed by atoms with van der Waals surface area (Å²) in [5.74, 6) is 0.393. The second-order valence-corrected chi connectivity index (χ2v) is 3.07. The first kappa shape index (κ1) is 10.7. The van der Waals surface area contributed by atoms with Gasteiger partial charge < -0.3 is 4.74 Å². The summed E-state index contributed by atoms with van der Waals surface area (Å²) in [5, 5.41) is 7.42. The highest BCUT2D eigenvalue weighted by molar-refractivity contribution is 5.72. The van der Waals surface area contributed by atoms with E-state index in [1.54, 1.807) is 0 Å². The molecule has 0 atom stereocenters. The molecule has 0 aliphatic carbocycles. The average molecular weight is 193 g/mol. The third-order valence-electron chi connectivity index (χ3n) is 1.92. The van der Waals surface area contributed by atoms with Crippen LogP contribution < -0.4 is 4.57 Å². The van der Waals surface area contributed by atoms with Crippen molar-refractivity contribution < 1.29 is 9.30 Å². The molecule has 1 N–H and O–H groups in total. The fourth-order valence-electron chi connectivity index (χ4n) is 1.25. The van der Waals surface area contributed by atoms with Gasteiger partial charge >= 0.3 is 0 Å². The number of nitrogens with one attached hydrogen (secondary N) is 1. The summed E-state index contributed by atoms with van der Waals surface area (Å²) in [6, 6.07) is 6.01. The zero-order valence-corrected chi connectivity index (χ0v) is 8.57. The summed E-state index contributed by atoms with van der Waals surface area (Å²) < 4.78 is 7.16. The van der Waals surface area contributed by atoms with Crippen LogP contribution in [0.1, 0.15) is 19.8 Å². The molecular formula is C11H17N2O+. The standard InChI is InChI=1S/C11H17N2O/c1-2-14-11(12)7-6-10-13-8-4-3-5-9-13/h3-5,8-9,12H,2,6-7,10H2,1H3/q+1. The van der Waals surface area contributed by atoms with Crippen LogP contribution in [0.3, 0.4) is 0 Å². The van der Waals surface area contributed by atoms with E-state index in [4.69, 9.17) is 10.1 Å². The Morgan fingerprint density at radius 1 is 1.29 bits per heavy atom. The number of pyridine rings is 1. The van der Waals surface area contributed by atoms with Crippen molar-refractivity contribution >= 4 is 5.90 Å². The lowest BCUT2D eigenvalue weighted by atomic mass is 10.3. The minimum Gasteiger partial charge on any atom is -0.481 e. The molecule has 0 unspecified atom stereocenters. The Balaban J connectivity index is 2.19. The van der Waals surface area contributed by atoms with E-state index in [0.717, 1.165) is 19.4 Å². The molecule has 1 aromatic heterocycles. The maximum absolute atomic E-state index is 7.42. The van der Waals surface area contributed by atoms with Crippen LogP contribution in [0, 0.1) is 5.41 Å². The second-order valence-electron chi connectivity index (χ2n) is 3.07. The van der Waals surface area contributed by atoms with Crippen LogP contribution in [0.15, 0.2) is 30.6 Å². The maximum Gasteiger partial charge on any atom is 0.180 e. The number of rotatable bonds is 5. The minimum atomic E-state index is 0.393. The van der Waals surface area contributed by atoms with Gasteiger partial charge in [-0.15, -0.1) is 0 Å². The number of aryl methyl sites for hydroxylation is 1. The molecule has 1 rings (SSSR count). The molecule has 0 saturated carbocycles. The Morgan fingerprint density at radius 3 is 2.64 bits per heavy atom. The van der Waals surface area contributed by atoms with Crippen molar-refractivity contribution in [2.45, 2.75) is 26.3 Å². The zero-order valence-electron chi connectivity index (χ0n) is 8.57. The number of nitrogens with zero attached hydrogens (tertiary/aromatic N) is 1. The third-order valence-corrected chi connectivity index (χ3v) is 1.92. The Morgan fingerprint density at radius 2 is 2.00 bits per heavy atom. The van der Waals surface area contributed by atoms with Crippen LogP contribution in [-0.2, 0) is 11.3 Å². The van der Waals surface area contributed by atoms with E-state index in [-0.39, 0.29) is 0 Å². The van der Waals surface area contributed by atoms with Crippen LogP contribution in [0.4, 0.5) is 0 Å². The molecule has 3 heteroatoms. The van der Waals surface area contributed by atoms with Crippen molar-refractivity contribution in [1.82, 2.24) is 0 Å². The number of ether oxygens (including phenoxy) is 1. The first-order valence-corrected chi connectivity index (χ1v) is 4.97. The molecular weight excluding hydrogens is 176 g/mol. The second kappa shape index (κ2) is 6.13. The Bertz CT molecular complexity index is 272. The molecule has 0 fully saturated rings. The molecule has 0 aliphatic rings. The average Bonchev–Trinajstić information content (AvgIpc) is 2.20. The number of hydrogen-bond acceptors (Lipinski definition) is 2. The van der Waals surface area contributed by atoms with Crippen molar-refractivity contribution in [2.75, 3.05) is 6.61 Å². The van der Waals surface area contributed by atoms with Crippen molar-refractivity contribution in [3.8, 4) is 0 Å². The van der Waals surface area contributed by atoms with E-state index in [1.807, 2.05) is 37.5 Å². The summed E-state index contributed by atoms with van der Waals surface area (Å²) in [6.07, 6.45) is 5.73. The number of hydrogen-bond donors (Lipinski definition) is 1. The van der Waals surface area contributed by atoms with Gasteiger partial charge in [0.05, 0.1) is 6.61 Å². The Kier molecular flexibility index (Phi) is 4.69. The van der Waals surface area contributed by atoms with Crippen LogP contribution in [0.2, 0.25) is 0 Å². The lowest BCUT2D eigenvalue weighted by molar-refractivity contribution is -0.697. The van der Waals surface area contributed by atoms with Crippen LogP contribution in [-0.4, -0.2) is 12.5 Å². The van der Waals surface area contributed by atoms with Crippen molar-refractivity contribution in [1.29, 1.82) is 5.41 Å². The SMILES string of the molecule is CCOC(=N)CCC[n+]1ccccc1. The Labute approximate surface area is 84.8 Å². The maximum atomic E-state index is 7.42. The molecule has 76 valence electrons.